The molecule has 0 bridgehead atoms. The van der Waals surface area contributed by atoms with E-state index in [0.29, 0.717) is 41.1 Å². The summed E-state index contributed by atoms with van der Waals surface area (Å²) in [6.07, 6.45) is 5.41. The van der Waals surface area contributed by atoms with Gasteiger partial charge in [0.1, 0.15) is 11.3 Å². The SMILES string of the molecule is COc1ccc2c(C(=O)N3CCc4[nH]cnc4[C@H]3c3nc4c(F)cccc4o3)cnn2c1. The summed E-state index contributed by atoms with van der Waals surface area (Å²) in [5.41, 5.74) is 3.05. The maximum Gasteiger partial charge on any atom is 0.258 e. The molecule has 0 spiro atoms. The van der Waals surface area contributed by atoms with Crippen molar-refractivity contribution in [3.05, 3.63) is 77.7 Å². The van der Waals surface area contributed by atoms with Crippen molar-refractivity contribution in [3.63, 3.8) is 0 Å². The molecule has 1 N–H and O–H groups in total. The number of fused-ring (bicyclic) bond motifs is 3. The van der Waals surface area contributed by atoms with Gasteiger partial charge in [-0.25, -0.2) is 18.9 Å². The predicted molar refractivity (Wildman–Crippen MR) is 111 cm³/mol. The normalized spacial score (nSPS) is 15.9. The number of aromatic amines is 1. The highest BCUT2D eigenvalue weighted by Crippen LogP contribution is 2.36. The van der Waals surface area contributed by atoms with Gasteiger partial charge in [-0.15, -0.1) is 0 Å². The van der Waals surface area contributed by atoms with Crippen LogP contribution in [0.15, 0.2) is 53.5 Å². The average molecular weight is 432 g/mol. The second-order valence-corrected chi connectivity index (χ2v) is 7.51. The van der Waals surface area contributed by atoms with Gasteiger partial charge in [0, 0.05) is 18.7 Å². The molecule has 0 unspecified atom stereocenters. The first-order valence-electron chi connectivity index (χ1n) is 10.0. The number of amides is 1. The zero-order chi connectivity index (χ0) is 21.8. The Morgan fingerprint density at radius 3 is 3.06 bits per heavy atom. The molecule has 0 aliphatic carbocycles. The summed E-state index contributed by atoms with van der Waals surface area (Å²) in [4.78, 5) is 27.3. The highest BCUT2D eigenvalue weighted by molar-refractivity contribution is 6.01. The second-order valence-electron chi connectivity index (χ2n) is 7.51. The molecule has 1 atom stereocenters. The largest absolute Gasteiger partial charge is 0.495 e. The maximum absolute atomic E-state index is 14.3. The summed E-state index contributed by atoms with van der Waals surface area (Å²) in [5.74, 6) is 0.117. The second kappa shape index (κ2) is 6.91. The van der Waals surface area contributed by atoms with Gasteiger partial charge in [-0.3, -0.25) is 4.79 Å². The predicted octanol–water partition coefficient (Wildman–Crippen LogP) is 3.13. The van der Waals surface area contributed by atoms with Crippen LogP contribution in [0.4, 0.5) is 4.39 Å². The van der Waals surface area contributed by atoms with Gasteiger partial charge in [0.2, 0.25) is 5.89 Å². The lowest BCUT2D eigenvalue weighted by molar-refractivity contribution is 0.0669. The fourth-order valence-corrected chi connectivity index (χ4v) is 4.20. The van der Waals surface area contributed by atoms with Crippen LogP contribution in [0.2, 0.25) is 0 Å². The molecule has 1 aliphatic heterocycles. The number of para-hydroxylation sites is 1. The Labute approximate surface area is 180 Å². The number of imidazole rings is 1. The zero-order valence-electron chi connectivity index (χ0n) is 16.9. The minimum atomic E-state index is -0.697. The van der Waals surface area contributed by atoms with E-state index in [0.717, 1.165) is 5.69 Å². The van der Waals surface area contributed by atoms with E-state index in [2.05, 4.69) is 20.1 Å². The Hall–Kier alpha value is -4.21. The minimum Gasteiger partial charge on any atom is -0.495 e. The number of nitrogens with one attached hydrogen (secondary N) is 1. The van der Waals surface area contributed by atoms with E-state index in [1.54, 1.807) is 53.3 Å². The third-order valence-electron chi connectivity index (χ3n) is 5.76. The first kappa shape index (κ1) is 18.6. The van der Waals surface area contributed by atoms with Crippen molar-refractivity contribution in [2.45, 2.75) is 12.5 Å². The molecule has 6 rings (SSSR count). The Kier molecular flexibility index (Phi) is 4.00. The number of hydrogen-bond acceptors (Lipinski definition) is 6. The van der Waals surface area contributed by atoms with E-state index >= 15 is 0 Å². The topological polar surface area (TPSA) is 102 Å². The van der Waals surface area contributed by atoms with Crippen molar-refractivity contribution < 1.29 is 18.3 Å². The fraction of sp³-hybridized carbons (Fsp3) is 0.182. The van der Waals surface area contributed by atoms with E-state index in [-0.39, 0.29) is 17.3 Å². The summed E-state index contributed by atoms with van der Waals surface area (Å²) in [7, 11) is 1.57. The lowest BCUT2D eigenvalue weighted by atomic mass is 10.0. The summed E-state index contributed by atoms with van der Waals surface area (Å²) in [5, 5.41) is 4.30. The molecule has 0 fully saturated rings. The molecule has 1 amide bonds. The Morgan fingerprint density at radius 2 is 2.22 bits per heavy atom. The molecule has 5 heterocycles. The average Bonchev–Trinajstić information content (AvgIpc) is 3.55. The molecule has 5 aromatic rings. The van der Waals surface area contributed by atoms with Gasteiger partial charge in [0.05, 0.1) is 42.6 Å². The van der Waals surface area contributed by atoms with Crippen LogP contribution in [-0.4, -0.2) is 49.0 Å². The summed E-state index contributed by atoms with van der Waals surface area (Å²) < 4.78 is 27.0. The van der Waals surface area contributed by atoms with E-state index in [9.17, 15) is 9.18 Å². The first-order valence-corrected chi connectivity index (χ1v) is 10.0. The van der Waals surface area contributed by atoms with Crippen molar-refractivity contribution in [3.8, 4) is 5.75 Å². The van der Waals surface area contributed by atoms with E-state index < -0.39 is 11.9 Å². The van der Waals surface area contributed by atoms with Crippen molar-refractivity contribution in [2.75, 3.05) is 13.7 Å². The number of hydrogen-bond donors (Lipinski definition) is 1. The van der Waals surface area contributed by atoms with Crippen LogP contribution in [0.5, 0.6) is 5.75 Å². The number of halogens is 1. The number of carbonyl (C=O) groups is 1. The van der Waals surface area contributed by atoms with Crippen molar-refractivity contribution >= 4 is 22.5 Å². The maximum atomic E-state index is 14.3. The van der Waals surface area contributed by atoms with Gasteiger partial charge in [-0.05, 0) is 24.3 Å². The Balaban J connectivity index is 1.47. The molecule has 9 nitrogen and oxygen atoms in total. The number of methoxy groups -OCH3 is 1. The van der Waals surface area contributed by atoms with Gasteiger partial charge in [0.15, 0.2) is 17.4 Å². The number of ether oxygens (including phenoxy) is 1. The van der Waals surface area contributed by atoms with Gasteiger partial charge >= 0.3 is 0 Å². The van der Waals surface area contributed by atoms with Crippen molar-refractivity contribution in [1.29, 1.82) is 0 Å². The van der Waals surface area contributed by atoms with Gasteiger partial charge < -0.3 is 19.0 Å². The molecule has 1 aliphatic rings. The summed E-state index contributed by atoms with van der Waals surface area (Å²) >= 11 is 0. The highest BCUT2D eigenvalue weighted by Gasteiger charge is 2.38. The van der Waals surface area contributed by atoms with E-state index in [1.165, 1.54) is 12.3 Å². The quantitative estimate of drug-likeness (QED) is 0.470. The van der Waals surface area contributed by atoms with Gasteiger partial charge in [0.25, 0.3) is 5.91 Å². The van der Waals surface area contributed by atoms with Crippen molar-refractivity contribution in [2.24, 2.45) is 0 Å². The number of benzene rings is 1. The van der Waals surface area contributed by atoms with Crippen LogP contribution in [0.3, 0.4) is 0 Å². The molecule has 0 saturated heterocycles. The zero-order valence-corrected chi connectivity index (χ0v) is 16.9. The lowest BCUT2D eigenvalue weighted by Crippen LogP contribution is -2.41. The Morgan fingerprint density at radius 1 is 1.31 bits per heavy atom. The molecular formula is C22H17FN6O3. The van der Waals surface area contributed by atoms with Gasteiger partial charge in [-0.1, -0.05) is 6.07 Å². The van der Waals surface area contributed by atoms with E-state index in [1.807, 2.05) is 0 Å². The van der Waals surface area contributed by atoms with Crippen LogP contribution in [0.1, 0.15) is 33.7 Å². The van der Waals surface area contributed by atoms with Gasteiger partial charge in [-0.2, -0.15) is 5.10 Å². The van der Waals surface area contributed by atoms with E-state index in [4.69, 9.17) is 9.15 Å². The number of nitrogens with zero attached hydrogens (tertiary/aromatic N) is 5. The number of rotatable bonds is 3. The van der Waals surface area contributed by atoms with Crippen LogP contribution >= 0.6 is 0 Å². The molecular weight excluding hydrogens is 415 g/mol. The lowest BCUT2D eigenvalue weighted by Gasteiger charge is -2.32. The van der Waals surface area contributed by atoms with Crippen LogP contribution in [0, 0.1) is 5.82 Å². The molecule has 0 radical (unpaired) electrons. The molecule has 0 saturated carbocycles. The van der Waals surface area contributed by atoms with Crippen LogP contribution < -0.4 is 4.74 Å². The minimum absolute atomic E-state index is 0.126. The smallest absolute Gasteiger partial charge is 0.258 e. The standard InChI is InChI=1S/C22H17FN6O3/c1-31-12-5-6-16-13(9-26-29(16)10-12)22(30)28-8-7-15-19(25-11-24-15)20(28)21-27-18-14(23)3-2-4-17(18)32-21/h2-6,9-11,20H,7-8H2,1H3,(H,24,25)/t20-/m0/s1. The van der Waals surface area contributed by atoms with Crippen LogP contribution in [-0.2, 0) is 6.42 Å². The third-order valence-corrected chi connectivity index (χ3v) is 5.76. The molecule has 10 heteroatoms. The number of H-pyrrole nitrogens is 1. The third kappa shape index (κ3) is 2.69. The summed E-state index contributed by atoms with van der Waals surface area (Å²) in [6.45, 7) is 0.410. The molecule has 32 heavy (non-hydrogen) atoms. The number of aromatic nitrogens is 5. The first-order chi connectivity index (χ1) is 15.6. The summed E-state index contributed by atoms with van der Waals surface area (Å²) in [6, 6.07) is 7.39. The highest BCUT2D eigenvalue weighted by atomic mass is 19.1. The molecule has 160 valence electrons. The number of carbonyl (C=O) groups excluding carboxylic acids is 1. The van der Waals surface area contributed by atoms with Crippen molar-refractivity contribution in [1.82, 2.24) is 29.5 Å². The number of pyridine rings is 1. The van der Waals surface area contributed by atoms with Crippen LogP contribution in [0.25, 0.3) is 16.6 Å². The fourth-order valence-electron chi connectivity index (χ4n) is 4.20. The Bertz CT molecular complexity index is 1490. The monoisotopic (exact) mass is 432 g/mol. The molecule has 4 aromatic heterocycles. The molecule has 1 aromatic carbocycles. The number of oxazole rings is 1.